The zero-order valence-electron chi connectivity index (χ0n) is 16.2. The molecule has 0 spiro atoms. The van der Waals surface area contributed by atoms with Crippen LogP contribution in [0.25, 0.3) is 0 Å². The number of hydrogen-bond acceptors (Lipinski definition) is 3. The first kappa shape index (κ1) is 20.4. The van der Waals surface area contributed by atoms with E-state index in [-0.39, 0.29) is 10.8 Å². The van der Waals surface area contributed by atoms with Gasteiger partial charge in [0.15, 0.2) is 6.54 Å². The number of benzene rings is 2. The third-order valence-electron chi connectivity index (χ3n) is 5.12. The van der Waals surface area contributed by atoms with Gasteiger partial charge in [0.1, 0.15) is 0 Å². The number of quaternary nitrogens is 1. The maximum atomic E-state index is 12.9. The van der Waals surface area contributed by atoms with Crippen LogP contribution in [0.3, 0.4) is 0 Å². The van der Waals surface area contributed by atoms with Crippen LogP contribution in [0.4, 0.5) is 11.4 Å². The molecule has 0 bridgehead atoms. The average molecular weight is 403 g/mol. The minimum absolute atomic E-state index is 0.0807. The van der Waals surface area contributed by atoms with Crippen LogP contribution in [0.5, 0.6) is 0 Å². The number of rotatable bonds is 6. The Morgan fingerprint density at radius 1 is 1.00 bits per heavy atom. The highest BCUT2D eigenvalue weighted by atomic mass is 32.2. The lowest BCUT2D eigenvalue weighted by atomic mass is 10.2. The lowest BCUT2D eigenvalue weighted by Gasteiger charge is -2.20. The Labute approximate surface area is 167 Å². The zero-order chi connectivity index (χ0) is 20.0. The van der Waals surface area contributed by atoms with Crippen LogP contribution in [0.15, 0.2) is 59.5 Å². The molecule has 0 atom stereocenters. The van der Waals surface area contributed by atoms with Crippen LogP contribution in [0.2, 0.25) is 0 Å². The number of nitrogens with one attached hydrogen (secondary N) is 2. The number of nitrogens with zero attached hydrogens (tertiary/aromatic N) is 1. The first-order chi connectivity index (χ1) is 13.5. The predicted molar refractivity (Wildman–Crippen MR) is 111 cm³/mol. The molecule has 1 saturated heterocycles. The van der Waals surface area contributed by atoms with Crippen molar-refractivity contribution in [3.63, 3.8) is 0 Å². The van der Waals surface area contributed by atoms with Gasteiger partial charge in [-0.15, -0.1) is 0 Å². The van der Waals surface area contributed by atoms with Crippen LogP contribution >= 0.6 is 0 Å². The van der Waals surface area contributed by atoms with E-state index in [1.165, 1.54) is 35.2 Å². The normalized spacial score (nSPS) is 15.6. The molecule has 0 saturated carbocycles. The summed E-state index contributed by atoms with van der Waals surface area (Å²) in [6, 6.07) is 15.4. The Morgan fingerprint density at radius 2 is 1.68 bits per heavy atom. The fourth-order valence-electron chi connectivity index (χ4n) is 3.51. The SMILES string of the molecule is CN(c1ccccc1)S(=O)(=O)c1cccc(NC(=O)C[NH+]2CCCCCC2)c1. The van der Waals surface area contributed by atoms with E-state index < -0.39 is 10.0 Å². The Balaban J connectivity index is 1.70. The number of anilines is 2. The second-order valence-electron chi connectivity index (χ2n) is 7.23. The third-order valence-corrected chi connectivity index (χ3v) is 6.90. The van der Waals surface area contributed by atoms with E-state index in [4.69, 9.17) is 0 Å². The van der Waals surface area contributed by atoms with E-state index in [1.54, 1.807) is 42.5 Å². The molecule has 7 heteroatoms. The number of sulfonamides is 1. The lowest BCUT2D eigenvalue weighted by Crippen LogP contribution is -3.12. The summed E-state index contributed by atoms with van der Waals surface area (Å²) in [5.41, 5.74) is 1.09. The number of para-hydroxylation sites is 1. The molecule has 28 heavy (non-hydrogen) atoms. The van der Waals surface area contributed by atoms with Crippen molar-refractivity contribution in [1.82, 2.24) is 0 Å². The molecular weight excluding hydrogens is 374 g/mol. The van der Waals surface area contributed by atoms with Crippen LogP contribution in [-0.2, 0) is 14.8 Å². The molecule has 1 heterocycles. The van der Waals surface area contributed by atoms with Crippen molar-refractivity contribution < 1.29 is 18.1 Å². The van der Waals surface area contributed by atoms with Gasteiger partial charge in [-0.1, -0.05) is 24.3 Å². The Bertz CT molecular complexity index is 892. The molecule has 3 rings (SSSR count). The van der Waals surface area contributed by atoms with E-state index in [2.05, 4.69) is 5.32 Å². The molecule has 1 fully saturated rings. The van der Waals surface area contributed by atoms with Crippen LogP contribution in [0.1, 0.15) is 25.7 Å². The van der Waals surface area contributed by atoms with Gasteiger partial charge in [0.25, 0.3) is 15.9 Å². The van der Waals surface area contributed by atoms with Crippen LogP contribution < -0.4 is 14.5 Å². The topological polar surface area (TPSA) is 70.9 Å². The largest absolute Gasteiger partial charge is 0.327 e. The van der Waals surface area contributed by atoms with Gasteiger partial charge < -0.3 is 10.2 Å². The summed E-state index contributed by atoms with van der Waals surface area (Å²) in [4.78, 5) is 13.9. The highest BCUT2D eigenvalue weighted by molar-refractivity contribution is 7.92. The Morgan fingerprint density at radius 3 is 2.36 bits per heavy atom. The molecule has 0 radical (unpaired) electrons. The molecule has 2 N–H and O–H groups in total. The first-order valence-electron chi connectivity index (χ1n) is 9.74. The van der Waals surface area contributed by atoms with Gasteiger partial charge in [0.05, 0.1) is 23.7 Å². The van der Waals surface area contributed by atoms with E-state index in [0.717, 1.165) is 25.9 Å². The number of likely N-dealkylation sites (tertiary alicyclic amines) is 1. The summed E-state index contributed by atoms with van der Waals surface area (Å²) >= 11 is 0. The van der Waals surface area contributed by atoms with Gasteiger partial charge in [-0.25, -0.2) is 8.42 Å². The van der Waals surface area contributed by atoms with Crippen LogP contribution in [-0.4, -0.2) is 41.0 Å². The molecule has 1 aliphatic heterocycles. The lowest BCUT2D eigenvalue weighted by molar-refractivity contribution is -0.890. The van der Waals surface area contributed by atoms with E-state index in [0.29, 0.717) is 17.9 Å². The molecule has 0 aliphatic carbocycles. The summed E-state index contributed by atoms with van der Waals surface area (Å²) in [5, 5.41) is 2.86. The Hall–Kier alpha value is -2.38. The number of amides is 1. The van der Waals surface area contributed by atoms with Crippen molar-refractivity contribution in [2.75, 3.05) is 36.3 Å². The van der Waals surface area contributed by atoms with Crippen molar-refractivity contribution in [3.8, 4) is 0 Å². The summed E-state index contributed by atoms with van der Waals surface area (Å²) in [5.74, 6) is -0.0807. The van der Waals surface area contributed by atoms with E-state index in [9.17, 15) is 13.2 Å². The molecule has 2 aromatic carbocycles. The molecular formula is C21H28N3O3S+. The molecule has 0 aromatic heterocycles. The van der Waals surface area contributed by atoms with Crippen molar-refractivity contribution in [3.05, 3.63) is 54.6 Å². The number of carbonyl (C=O) groups is 1. The summed E-state index contributed by atoms with van der Waals surface area (Å²) in [6.45, 7) is 2.45. The van der Waals surface area contributed by atoms with E-state index >= 15 is 0 Å². The monoisotopic (exact) mass is 402 g/mol. The quantitative estimate of drug-likeness (QED) is 0.775. The third kappa shape index (κ3) is 5.11. The van der Waals surface area contributed by atoms with Gasteiger partial charge >= 0.3 is 0 Å². The number of carbonyl (C=O) groups excluding carboxylic acids is 1. The molecule has 1 aliphatic rings. The van der Waals surface area contributed by atoms with Gasteiger partial charge in [0, 0.05) is 12.7 Å². The fraction of sp³-hybridized carbons (Fsp3) is 0.381. The standard InChI is InChI=1S/C21H27N3O3S/c1-23(19-11-5-4-6-12-19)28(26,27)20-13-9-10-18(16-20)22-21(25)17-24-14-7-2-3-8-15-24/h4-6,9-13,16H,2-3,7-8,14-15,17H2,1H3,(H,22,25)/p+1. The Kier molecular flexibility index (Phi) is 6.70. The van der Waals surface area contributed by atoms with Gasteiger partial charge in [-0.3, -0.25) is 9.10 Å². The minimum atomic E-state index is -3.71. The maximum absolute atomic E-state index is 12.9. The highest BCUT2D eigenvalue weighted by Gasteiger charge is 2.22. The summed E-state index contributed by atoms with van der Waals surface area (Å²) in [7, 11) is -2.18. The van der Waals surface area contributed by atoms with Gasteiger partial charge in [0.2, 0.25) is 0 Å². The first-order valence-corrected chi connectivity index (χ1v) is 11.2. The number of hydrogen-bond donors (Lipinski definition) is 2. The smallest absolute Gasteiger partial charge is 0.279 e. The van der Waals surface area contributed by atoms with Crippen molar-refractivity contribution >= 4 is 27.3 Å². The summed E-state index contributed by atoms with van der Waals surface area (Å²) in [6.07, 6.45) is 4.78. The molecule has 150 valence electrons. The molecule has 0 unspecified atom stereocenters. The predicted octanol–water partition coefficient (Wildman–Crippen LogP) is 1.91. The summed E-state index contributed by atoms with van der Waals surface area (Å²) < 4.78 is 27.1. The van der Waals surface area contributed by atoms with Crippen molar-refractivity contribution in [2.45, 2.75) is 30.6 Å². The zero-order valence-corrected chi connectivity index (χ0v) is 17.0. The highest BCUT2D eigenvalue weighted by Crippen LogP contribution is 2.23. The second-order valence-corrected chi connectivity index (χ2v) is 9.19. The minimum Gasteiger partial charge on any atom is -0.327 e. The fourth-order valence-corrected chi connectivity index (χ4v) is 4.75. The second kappa shape index (κ2) is 9.21. The van der Waals surface area contributed by atoms with Gasteiger partial charge in [-0.2, -0.15) is 0 Å². The molecule has 2 aromatic rings. The van der Waals surface area contributed by atoms with Crippen LogP contribution in [0, 0.1) is 0 Å². The van der Waals surface area contributed by atoms with Crippen molar-refractivity contribution in [2.24, 2.45) is 0 Å². The van der Waals surface area contributed by atoms with Crippen molar-refractivity contribution in [1.29, 1.82) is 0 Å². The average Bonchev–Trinajstić information content (AvgIpc) is 2.96. The molecule has 1 amide bonds. The molecule has 6 nitrogen and oxygen atoms in total. The van der Waals surface area contributed by atoms with Gasteiger partial charge in [-0.05, 0) is 56.0 Å². The van der Waals surface area contributed by atoms with E-state index in [1.807, 2.05) is 6.07 Å². The maximum Gasteiger partial charge on any atom is 0.279 e.